The zero-order chi connectivity index (χ0) is 20.7. The van der Waals surface area contributed by atoms with Gasteiger partial charge in [0.2, 0.25) is 0 Å². The summed E-state index contributed by atoms with van der Waals surface area (Å²) in [6.07, 6.45) is 3.65. The standard InChI is InChI=1S/C23H35N3O3.HI/c1-4-29-21(27)19-9-13-26(14-10-19)22(24-3)25-17-23(11-15-28-16-12-23)20-8-6-5-7-18(20)2;/h5-8,19H,4,9-17H2,1-3H3,(H,24,25);1H. The molecule has 0 aromatic heterocycles. The number of piperidine rings is 1. The van der Waals surface area contributed by atoms with E-state index in [4.69, 9.17) is 9.47 Å². The summed E-state index contributed by atoms with van der Waals surface area (Å²) >= 11 is 0. The van der Waals surface area contributed by atoms with E-state index in [1.807, 2.05) is 14.0 Å². The molecule has 0 bridgehead atoms. The van der Waals surface area contributed by atoms with Crippen molar-refractivity contribution in [2.45, 2.75) is 44.9 Å². The molecule has 2 aliphatic heterocycles. The molecule has 168 valence electrons. The van der Waals surface area contributed by atoms with Crippen LogP contribution in [0.3, 0.4) is 0 Å². The minimum Gasteiger partial charge on any atom is -0.466 e. The molecule has 0 saturated carbocycles. The Balaban J connectivity index is 0.00000320. The van der Waals surface area contributed by atoms with Gasteiger partial charge in [0.1, 0.15) is 0 Å². The maximum Gasteiger partial charge on any atom is 0.309 e. The Morgan fingerprint density at radius 2 is 1.93 bits per heavy atom. The predicted molar refractivity (Wildman–Crippen MR) is 131 cm³/mol. The number of nitrogens with one attached hydrogen (secondary N) is 1. The van der Waals surface area contributed by atoms with Gasteiger partial charge >= 0.3 is 5.97 Å². The number of ether oxygens (including phenoxy) is 2. The van der Waals surface area contributed by atoms with Gasteiger partial charge in [0.25, 0.3) is 0 Å². The van der Waals surface area contributed by atoms with Crippen LogP contribution in [0.4, 0.5) is 0 Å². The molecular formula is C23H36IN3O3. The Labute approximate surface area is 197 Å². The van der Waals surface area contributed by atoms with Gasteiger partial charge in [0, 0.05) is 45.3 Å². The second-order valence-corrected chi connectivity index (χ2v) is 8.12. The van der Waals surface area contributed by atoms with Crippen molar-refractivity contribution in [2.24, 2.45) is 10.9 Å². The first-order chi connectivity index (χ1) is 14.1. The number of rotatable bonds is 5. The van der Waals surface area contributed by atoms with E-state index in [9.17, 15) is 4.79 Å². The van der Waals surface area contributed by atoms with Gasteiger partial charge in [-0.3, -0.25) is 9.79 Å². The number of halogens is 1. The van der Waals surface area contributed by atoms with Crippen molar-refractivity contribution >= 4 is 35.9 Å². The smallest absolute Gasteiger partial charge is 0.309 e. The number of carbonyl (C=O) groups excluding carboxylic acids is 1. The highest BCUT2D eigenvalue weighted by Gasteiger charge is 2.36. The second kappa shape index (κ2) is 11.9. The van der Waals surface area contributed by atoms with Crippen molar-refractivity contribution in [3.63, 3.8) is 0 Å². The van der Waals surface area contributed by atoms with Crippen molar-refractivity contribution in [3.8, 4) is 0 Å². The molecule has 2 aliphatic rings. The normalized spacial score (nSPS) is 19.7. The third-order valence-corrected chi connectivity index (χ3v) is 6.38. The van der Waals surface area contributed by atoms with Crippen LogP contribution in [0, 0.1) is 12.8 Å². The molecule has 1 aromatic carbocycles. The van der Waals surface area contributed by atoms with Crippen LogP contribution in [0.25, 0.3) is 0 Å². The SMILES string of the molecule is CCOC(=O)C1CCN(C(=NC)NCC2(c3ccccc3C)CCOCC2)CC1.I. The molecule has 30 heavy (non-hydrogen) atoms. The van der Waals surface area contributed by atoms with Crippen LogP contribution >= 0.6 is 24.0 Å². The molecule has 0 aliphatic carbocycles. The van der Waals surface area contributed by atoms with E-state index in [1.54, 1.807) is 0 Å². The number of nitrogens with zero attached hydrogens (tertiary/aromatic N) is 2. The lowest BCUT2D eigenvalue weighted by Crippen LogP contribution is -2.51. The molecule has 0 amide bonds. The fraction of sp³-hybridized carbons (Fsp3) is 0.652. The molecular weight excluding hydrogens is 493 g/mol. The molecule has 7 heteroatoms. The van der Waals surface area contributed by atoms with Crippen molar-refractivity contribution in [2.75, 3.05) is 46.5 Å². The summed E-state index contributed by atoms with van der Waals surface area (Å²) in [7, 11) is 1.84. The third-order valence-electron chi connectivity index (χ3n) is 6.38. The third kappa shape index (κ3) is 5.87. The van der Waals surface area contributed by atoms with Gasteiger partial charge in [0.15, 0.2) is 5.96 Å². The first kappa shape index (κ1) is 24.9. The summed E-state index contributed by atoms with van der Waals surface area (Å²) in [5.74, 6) is 0.876. The van der Waals surface area contributed by atoms with Gasteiger partial charge in [-0.25, -0.2) is 0 Å². The summed E-state index contributed by atoms with van der Waals surface area (Å²) in [5, 5.41) is 3.65. The van der Waals surface area contributed by atoms with Gasteiger partial charge in [-0.05, 0) is 50.7 Å². The van der Waals surface area contributed by atoms with Crippen LogP contribution in [-0.4, -0.2) is 63.3 Å². The number of hydrogen-bond donors (Lipinski definition) is 1. The maximum absolute atomic E-state index is 12.0. The maximum atomic E-state index is 12.0. The number of aryl methyl sites for hydroxylation is 1. The quantitative estimate of drug-likeness (QED) is 0.274. The van der Waals surface area contributed by atoms with Gasteiger partial charge in [0.05, 0.1) is 12.5 Å². The Morgan fingerprint density at radius 1 is 1.27 bits per heavy atom. The minimum absolute atomic E-state index is 0. The highest BCUT2D eigenvalue weighted by molar-refractivity contribution is 14.0. The number of guanidine groups is 1. The second-order valence-electron chi connectivity index (χ2n) is 8.12. The topological polar surface area (TPSA) is 63.2 Å². The molecule has 0 spiro atoms. The van der Waals surface area contributed by atoms with Crippen LogP contribution in [0.1, 0.15) is 43.7 Å². The van der Waals surface area contributed by atoms with E-state index in [0.29, 0.717) is 6.61 Å². The number of esters is 1. The van der Waals surface area contributed by atoms with Crippen LogP contribution in [0.15, 0.2) is 29.3 Å². The van der Waals surface area contributed by atoms with E-state index < -0.39 is 0 Å². The van der Waals surface area contributed by atoms with Gasteiger partial charge < -0.3 is 19.7 Å². The Bertz CT molecular complexity index is 711. The average Bonchev–Trinajstić information content (AvgIpc) is 2.76. The zero-order valence-corrected chi connectivity index (χ0v) is 20.8. The zero-order valence-electron chi connectivity index (χ0n) is 18.5. The molecule has 0 unspecified atom stereocenters. The average molecular weight is 529 g/mol. The van der Waals surface area contributed by atoms with Crippen LogP contribution in [0.5, 0.6) is 0 Å². The highest BCUT2D eigenvalue weighted by Crippen LogP contribution is 2.36. The summed E-state index contributed by atoms with van der Waals surface area (Å²) in [4.78, 5) is 18.8. The van der Waals surface area contributed by atoms with E-state index in [2.05, 4.69) is 46.4 Å². The van der Waals surface area contributed by atoms with Crippen LogP contribution in [-0.2, 0) is 19.7 Å². The fourth-order valence-corrected chi connectivity index (χ4v) is 4.64. The molecule has 3 rings (SSSR count). The highest BCUT2D eigenvalue weighted by atomic mass is 127. The minimum atomic E-state index is -0.0594. The summed E-state index contributed by atoms with van der Waals surface area (Å²) in [5.41, 5.74) is 2.80. The molecule has 1 aromatic rings. The van der Waals surface area contributed by atoms with Gasteiger partial charge in [-0.1, -0.05) is 24.3 Å². The van der Waals surface area contributed by atoms with Gasteiger partial charge in [-0.15, -0.1) is 24.0 Å². The molecule has 1 N–H and O–H groups in total. The van der Waals surface area contributed by atoms with Gasteiger partial charge in [-0.2, -0.15) is 0 Å². The lowest BCUT2D eigenvalue weighted by molar-refractivity contribution is -0.149. The van der Waals surface area contributed by atoms with Crippen molar-refractivity contribution in [3.05, 3.63) is 35.4 Å². The van der Waals surface area contributed by atoms with E-state index >= 15 is 0 Å². The molecule has 2 saturated heterocycles. The Hall–Kier alpha value is -1.35. The van der Waals surface area contributed by atoms with E-state index in [-0.39, 0.29) is 41.3 Å². The first-order valence-corrected chi connectivity index (χ1v) is 10.9. The van der Waals surface area contributed by atoms with Crippen LogP contribution in [0.2, 0.25) is 0 Å². The molecule has 0 radical (unpaired) electrons. The fourth-order valence-electron chi connectivity index (χ4n) is 4.64. The molecule has 6 nitrogen and oxygen atoms in total. The van der Waals surface area contributed by atoms with Crippen molar-refractivity contribution < 1.29 is 14.3 Å². The monoisotopic (exact) mass is 529 g/mol. The lowest BCUT2D eigenvalue weighted by Gasteiger charge is -2.40. The number of likely N-dealkylation sites (tertiary alicyclic amines) is 1. The molecule has 0 atom stereocenters. The Morgan fingerprint density at radius 3 is 2.53 bits per heavy atom. The molecule has 2 fully saturated rings. The largest absolute Gasteiger partial charge is 0.466 e. The summed E-state index contributed by atoms with van der Waals surface area (Å²) in [6, 6.07) is 8.69. The number of carbonyl (C=O) groups is 1. The Kier molecular flexibility index (Phi) is 9.87. The van der Waals surface area contributed by atoms with Crippen molar-refractivity contribution in [1.82, 2.24) is 10.2 Å². The number of aliphatic imine (C=N–C) groups is 1. The summed E-state index contributed by atoms with van der Waals surface area (Å²) < 4.78 is 10.9. The molecule has 2 heterocycles. The van der Waals surface area contributed by atoms with E-state index in [0.717, 1.165) is 64.5 Å². The number of benzene rings is 1. The number of hydrogen-bond acceptors (Lipinski definition) is 4. The van der Waals surface area contributed by atoms with Crippen LogP contribution < -0.4 is 5.32 Å². The lowest BCUT2D eigenvalue weighted by atomic mass is 9.72. The van der Waals surface area contributed by atoms with Crippen molar-refractivity contribution in [1.29, 1.82) is 0 Å². The first-order valence-electron chi connectivity index (χ1n) is 10.9. The summed E-state index contributed by atoms with van der Waals surface area (Å²) in [6.45, 7) is 8.58. The predicted octanol–water partition coefficient (Wildman–Crippen LogP) is 3.51. The van der Waals surface area contributed by atoms with E-state index in [1.165, 1.54) is 11.1 Å².